The lowest BCUT2D eigenvalue weighted by molar-refractivity contribution is -0.144. The summed E-state index contributed by atoms with van der Waals surface area (Å²) >= 11 is 0. The molecule has 1 aliphatic heterocycles. The smallest absolute Gasteiger partial charge is 0.253 e. The van der Waals surface area contributed by atoms with Crippen LogP contribution in [0.1, 0.15) is 13.3 Å². The van der Waals surface area contributed by atoms with Gasteiger partial charge in [-0.3, -0.25) is 14.5 Å². The van der Waals surface area contributed by atoms with Crippen LogP contribution in [0, 0.1) is 0 Å². The van der Waals surface area contributed by atoms with Crippen LogP contribution < -0.4 is 0 Å². The molecule has 2 amide bonds. The summed E-state index contributed by atoms with van der Waals surface area (Å²) in [4.78, 5) is 23.9. The highest BCUT2D eigenvalue weighted by Gasteiger charge is 2.34. The maximum atomic E-state index is 11.4. The summed E-state index contributed by atoms with van der Waals surface area (Å²) in [5.74, 6) is -0.690. The fraction of sp³-hybridized carbons (Fsp3) is 0.600. The van der Waals surface area contributed by atoms with E-state index in [1.54, 1.807) is 0 Å². The van der Waals surface area contributed by atoms with Gasteiger partial charge in [0.15, 0.2) is 0 Å². The fourth-order valence-electron chi connectivity index (χ4n) is 1.70. The first-order valence-electron chi connectivity index (χ1n) is 4.84. The second kappa shape index (κ2) is 5.04. The van der Waals surface area contributed by atoms with Crippen molar-refractivity contribution in [3.05, 3.63) is 12.2 Å². The van der Waals surface area contributed by atoms with Crippen LogP contribution in [-0.4, -0.2) is 47.7 Å². The van der Waals surface area contributed by atoms with E-state index in [1.807, 2.05) is 6.92 Å². The van der Waals surface area contributed by atoms with Gasteiger partial charge in [0.25, 0.3) is 11.8 Å². The molecule has 0 radical (unpaired) electrons. The molecule has 1 rings (SSSR count). The number of methoxy groups -OCH3 is 1. The Balaban J connectivity index is 2.82. The number of ether oxygens (including phenoxy) is 1. The lowest BCUT2D eigenvalue weighted by Gasteiger charge is -2.30. The number of aliphatic hydroxyl groups excluding tert-OH is 1. The molecule has 5 heteroatoms. The molecule has 84 valence electrons. The van der Waals surface area contributed by atoms with Crippen molar-refractivity contribution in [3.63, 3.8) is 0 Å². The van der Waals surface area contributed by atoms with Gasteiger partial charge in [0.05, 0.1) is 12.6 Å². The normalized spacial score (nSPS) is 19.8. The summed E-state index contributed by atoms with van der Waals surface area (Å²) in [5, 5.41) is 9.07. The van der Waals surface area contributed by atoms with Gasteiger partial charge in [0, 0.05) is 19.3 Å². The topological polar surface area (TPSA) is 66.8 Å². The van der Waals surface area contributed by atoms with E-state index >= 15 is 0 Å². The van der Waals surface area contributed by atoms with Crippen LogP contribution in [0.15, 0.2) is 12.2 Å². The number of imide groups is 1. The second-order valence-corrected chi connectivity index (χ2v) is 3.31. The van der Waals surface area contributed by atoms with E-state index in [1.165, 1.54) is 19.3 Å². The highest BCUT2D eigenvalue weighted by molar-refractivity contribution is 6.13. The van der Waals surface area contributed by atoms with E-state index in [0.717, 1.165) is 4.90 Å². The van der Waals surface area contributed by atoms with Gasteiger partial charge < -0.3 is 9.84 Å². The van der Waals surface area contributed by atoms with Crippen molar-refractivity contribution >= 4 is 11.8 Å². The number of carbonyl (C=O) groups is 2. The average Bonchev–Trinajstić information content (AvgIpc) is 2.56. The molecule has 5 nitrogen and oxygen atoms in total. The molecule has 15 heavy (non-hydrogen) atoms. The molecule has 1 aliphatic rings. The Hall–Kier alpha value is -1.20. The Bertz CT molecular complexity index is 265. The molecule has 1 heterocycles. The minimum Gasteiger partial charge on any atom is -0.394 e. The number of aliphatic hydroxyl groups is 1. The number of rotatable bonds is 5. The van der Waals surface area contributed by atoms with Gasteiger partial charge in [0.2, 0.25) is 0 Å². The summed E-state index contributed by atoms with van der Waals surface area (Å²) in [6.45, 7) is 1.62. The highest BCUT2D eigenvalue weighted by atomic mass is 16.5. The summed E-state index contributed by atoms with van der Waals surface area (Å²) < 4.78 is 5.04. The predicted octanol–water partition coefficient (Wildman–Crippen LogP) is -0.303. The molecule has 0 aromatic rings. The number of carbonyl (C=O) groups excluding carboxylic acids is 2. The van der Waals surface area contributed by atoms with Crippen LogP contribution in [0.5, 0.6) is 0 Å². The van der Waals surface area contributed by atoms with Crippen LogP contribution in [0.3, 0.4) is 0 Å². The molecule has 0 saturated carbocycles. The zero-order valence-corrected chi connectivity index (χ0v) is 8.84. The average molecular weight is 213 g/mol. The van der Waals surface area contributed by atoms with Gasteiger partial charge >= 0.3 is 0 Å². The van der Waals surface area contributed by atoms with Crippen molar-refractivity contribution in [3.8, 4) is 0 Å². The quantitative estimate of drug-likeness (QED) is 0.636. The predicted molar refractivity (Wildman–Crippen MR) is 53.0 cm³/mol. The lowest BCUT2D eigenvalue weighted by atomic mass is 10.1. The molecule has 2 unspecified atom stereocenters. The number of amides is 2. The van der Waals surface area contributed by atoms with E-state index in [4.69, 9.17) is 9.84 Å². The Kier molecular flexibility index (Phi) is 3.99. The molecule has 0 aliphatic carbocycles. The summed E-state index contributed by atoms with van der Waals surface area (Å²) in [6, 6.07) is -0.407. The summed E-state index contributed by atoms with van der Waals surface area (Å²) in [5.41, 5.74) is 0. The van der Waals surface area contributed by atoms with Gasteiger partial charge in [-0.1, -0.05) is 6.92 Å². The van der Waals surface area contributed by atoms with Crippen molar-refractivity contribution in [2.75, 3.05) is 13.7 Å². The van der Waals surface area contributed by atoms with E-state index in [9.17, 15) is 9.59 Å². The van der Waals surface area contributed by atoms with Gasteiger partial charge in [-0.25, -0.2) is 0 Å². The molecule has 0 spiro atoms. The standard InChI is InChI=1S/C10H15NO4/c1-3-7(8(6-12)15-2)11-9(13)4-5-10(11)14/h4-5,7-8,12H,3,6H2,1-2H3. The number of hydrogen-bond donors (Lipinski definition) is 1. The minimum absolute atomic E-state index is 0.216. The van der Waals surface area contributed by atoms with Gasteiger partial charge in [-0.15, -0.1) is 0 Å². The maximum absolute atomic E-state index is 11.4. The van der Waals surface area contributed by atoms with Gasteiger partial charge in [-0.2, -0.15) is 0 Å². The Labute approximate surface area is 88.3 Å². The lowest BCUT2D eigenvalue weighted by Crippen LogP contribution is -2.48. The van der Waals surface area contributed by atoms with Crippen LogP contribution in [0.2, 0.25) is 0 Å². The maximum Gasteiger partial charge on any atom is 0.253 e. The second-order valence-electron chi connectivity index (χ2n) is 3.31. The molecule has 0 aromatic carbocycles. The first-order valence-corrected chi connectivity index (χ1v) is 4.84. The molecule has 0 aromatic heterocycles. The van der Waals surface area contributed by atoms with E-state index in [-0.39, 0.29) is 18.4 Å². The van der Waals surface area contributed by atoms with E-state index in [0.29, 0.717) is 6.42 Å². The zero-order valence-electron chi connectivity index (χ0n) is 8.84. The van der Waals surface area contributed by atoms with Gasteiger partial charge in [0.1, 0.15) is 6.10 Å². The summed E-state index contributed by atoms with van der Waals surface area (Å²) in [7, 11) is 1.45. The third-order valence-corrected chi connectivity index (χ3v) is 2.51. The number of hydrogen-bond acceptors (Lipinski definition) is 4. The van der Waals surface area contributed by atoms with Crippen molar-refractivity contribution in [1.29, 1.82) is 0 Å². The third-order valence-electron chi connectivity index (χ3n) is 2.51. The van der Waals surface area contributed by atoms with Crippen molar-refractivity contribution in [2.24, 2.45) is 0 Å². The Morgan fingerprint density at radius 3 is 2.27 bits per heavy atom. The molecular weight excluding hydrogens is 198 g/mol. The van der Waals surface area contributed by atoms with Crippen molar-refractivity contribution < 1.29 is 19.4 Å². The fourth-order valence-corrected chi connectivity index (χ4v) is 1.70. The first-order chi connectivity index (χ1) is 7.15. The molecular formula is C10H15NO4. The monoisotopic (exact) mass is 213 g/mol. The van der Waals surface area contributed by atoms with Crippen LogP contribution in [0.25, 0.3) is 0 Å². The number of nitrogens with zero attached hydrogens (tertiary/aromatic N) is 1. The van der Waals surface area contributed by atoms with Crippen molar-refractivity contribution in [2.45, 2.75) is 25.5 Å². The molecule has 1 N–H and O–H groups in total. The highest BCUT2D eigenvalue weighted by Crippen LogP contribution is 2.16. The minimum atomic E-state index is -0.525. The molecule has 2 atom stereocenters. The third kappa shape index (κ3) is 2.24. The van der Waals surface area contributed by atoms with Crippen LogP contribution in [0.4, 0.5) is 0 Å². The zero-order chi connectivity index (χ0) is 11.4. The largest absolute Gasteiger partial charge is 0.394 e. The van der Waals surface area contributed by atoms with E-state index in [2.05, 4.69) is 0 Å². The Morgan fingerprint density at radius 1 is 1.40 bits per heavy atom. The van der Waals surface area contributed by atoms with Crippen LogP contribution >= 0.6 is 0 Å². The Morgan fingerprint density at radius 2 is 1.93 bits per heavy atom. The molecule has 0 fully saturated rings. The van der Waals surface area contributed by atoms with Crippen LogP contribution in [-0.2, 0) is 14.3 Å². The first kappa shape index (κ1) is 11.9. The summed E-state index contributed by atoms with van der Waals surface area (Å²) in [6.07, 6.45) is 2.49. The molecule has 0 bridgehead atoms. The van der Waals surface area contributed by atoms with E-state index < -0.39 is 12.1 Å². The van der Waals surface area contributed by atoms with Gasteiger partial charge in [-0.05, 0) is 6.42 Å². The molecule has 0 saturated heterocycles. The van der Waals surface area contributed by atoms with Crippen molar-refractivity contribution in [1.82, 2.24) is 4.90 Å². The SMILES string of the molecule is CCC(C(CO)OC)N1C(=O)C=CC1=O.